The maximum Gasteiger partial charge on any atom is 0.350 e. The van der Waals surface area contributed by atoms with E-state index in [0.717, 1.165) is 6.20 Å². The van der Waals surface area contributed by atoms with Crippen LogP contribution in [-0.2, 0) is 19.1 Å². The van der Waals surface area contributed by atoms with Crippen LogP contribution in [0.3, 0.4) is 0 Å². The van der Waals surface area contributed by atoms with Gasteiger partial charge in [-0.25, -0.2) is 9.59 Å². The Morgan fingerprint density at radius 1 is 1.15 bits per heavy atom. The Labute approximate surface area is 152 Å². The van der Waals surface area contributed by atoms with E-state index in [9.17, 15) is 14.4 Å². The lowest BCUT2D eigenvalue weighted by atomic mass is 10.1. The standard InChI is InChI=1S/C16H14N4O5S/c1-16(2)24-13(22)9(14(23)25-16)7-17-10-6-4-3-5-8(10)11-12(21)18-15(26)20-19-11/h3-7,17H,1-2H3,(H2,18,20,21,26). The summed E-state index contributed by atoms with van der Waals surface area (Å²) in [4.78, 5) is 38.5. The molecule has 26 heavy (non-hydrogen) atoms. The fraction of sp³-hybridized carbons (Fsp3) is 0.188. The fourth-order valence-corrected chi connectivity index (χ4v) is 2.41. The molecule has 1 aliphatic rings. The Balaban J connectivity index is 1.95. The van der Waals surface area contributed by atoms with Crippen molar-refractivity contribution < 1.29 is 19.1 Å². The number of hydrogen-bond donors (Lipinski definition) is 3. The number of para-hydroxylation sites is 1. The highest BCUT2D eigenvalue weighted by atomic mass is 32.1. The minimum Gasteiger partial charge on any atom is -0.419 e. The summed E-state index contributed by atoms with van der Waals surface area (Å²) in [6, 6.07) is 6.72. The van der Waals surface area contributed by atoms with Crippen LogP contribution in [0.15, 0.2) is 40.8 Å². The van der Waals surface area contributed by atoms with Gasteiger partial charge in [-0.2, -0.15) is 5.10 Å². The molecule has 0 aliphatic carbocycles. The summed E-state index contributed by atoms with van der Waals surface area (Å²) in [5.41, 5.74) is 0.195. The molecule has 1 fully saturated rings. The van der Waals surface area contributed by atoms with Gasteiger partial charge in [0.05, 0.1) is 0 Å². The zero-order valence-electron chi connectivity index (χ0n) is 13.8. The molecule has 0 bridgehead atoms. The zero-order chi connectivity index (χ0) is 18.9. The summed E-state index contributed by atoms with van der Waals surface area (Å²) in [6.07, 6.45) is 1.16. The number of anilines is 1. The fourth-order valence-electron chi connectivity index (χ4n) is 2.27. The molecule has 0 saturated carbocycles. The van der Waals surface area contributed by atoms with E-state index in [4.69, 9.17) is 21.7 Å². The first-order valence-electron chi connectivity index (χ1n) is 7.48. The average Bonchev–Trinajstić information content (AvgIpc) is 2.53. The SMILES string of the molecule is CC1(C)OC(=O)C(=CNc2ccccc2-c2n[nH]c(=S)[nH]c2=O)C(=O)O1. The lowest BCUT2D eigenvalue weighted by Crippen LogP contribution is -2.42. The number of esters is 2. The number of hydrogen-bond acceptors (Lipinski definition) is 8. The lowest BCUT2D eigenvalue weighted by Gasteiger charge is -2.29. The Morgan fingerprint density at radius 2 is 1.81 bits per heavy atom. The molecule has 1 aromatic carbocycles. The third kappa shape index (κ3) is 3.54. The molecule has 3 N–H and O–H groups in total. The molecule has 10 heteroatoms. The van der Waals surface area contributed by atoms with E-state index in [1.807, 2.05) is 0 Å². The minimum absolute atomic E-state index is 0.0926. The van der Waals surface area contributed by atoms with E-state index in [1.54, 1.807) is 24.3 Å². The van der Waals surface area contributed by atoms with Crippen molar-refractivity contribution in [3.05, 3.63) is 51.2 Å². The Kier molecular flexibility index (Phi) is 4.43. The van der Waals surface area contributed by atoms with Crippen molar-refractivity contribution in [2.75, 3.05) is 5.32 Å². The number of nitrogens with one attached hydrogen (secondary N) is 3. The Morgan fingerprint density at radius 3 is 2.46 bits per heavy atom. The number of rotatable bonds is 3. The molecule has 3 rings (SSSR count). The van der Waals surface area contributed by atoms with E-state index >= 15 is 0 Å². The number of aromatic nitrogens is 3. The number of cyclic esters (lactones) is 2. The number of ether oxygens (including phenoxy) is 2. The third-order valence-corrected chi connectivity index (χ3v) is 3.58. The van der Waals surface area contributed by atoms with Gasteiger partial charge in [0, 0.05) is 31.3 Å². The van der Waals surface area contributed by atoms with Gasteiger partial charge in [-0.05, 0) is 18.3 Å². The molecule has 9 nitrogen and oxygen atoms in total. The van der Waals surface area contributed by atoms with Gasteiger partial charge in [-0.3, -0.25) is 14.9 Å². The summed E-state index contributed by atoms with van der Waals surface area (Å²) in [5.74, 6) is -2.94. The summed E-state index contributed by atoms with van der Waals surface area (Å²) in [7, 11) is 0. The minimum atomic E-state index is -1.32. The molecule has 1 saturated heterocycles. The van der Waals surface area contributed by atoms with Crippen molar-refractivity contribution in [2.24, 2.45) is 0 Å². The summed E-state index contributed by atoms with van der Waals surface area (Å²) >= 11 is 4.82. The monoisotopic (exact) mass is 374 g/mol. The van der Waals surface area contributed by atoms with Crippen molar-refractivity contribution in [2.45, 2.75) is 19.6 Å². The molecule has 0 radical (unpaired) electrons. The lowest BCUT2D eigenvalue weighted by molar-refractivity contribution is -0.222. The largest absolute Gasteiger partial charge is 0.419 e. The summed E-state index contributed by atoms with van der Waals surface area (Å²) in [6.45, 7) is 2.92. The number of carbonyl (C=O) groups excluding carboxylic acids is 2. The van der Waals surface area contributed by atoms with E-state index in [0.29, 0.717) is 11.3 Å². The van der Waals surface area contributed by atoms with Crippen molar-refractivity contribution in [1.29, 1.82) is 0 Å². The quantitative estimate of drug-likeness (QED) is 0.320. The van der Waals surface area contributed by atoms with Crippen molar-refractivity contribution in [3.8, 4) is 11.3 Å². The van der Waals surface area contributed by atoms with Crippen LogP contribution in [0.4, 0.5) is 5.69 Å². The Bertz CT molecular complexity index is 1020. The van der Waals surface area contributed by atoms with Crippen LogP contribution >= 0.6 is 12.2 Å². The number of carbonyl (C=O) groups is 2. The highest BCUT2D eigenvalue weighted by Gasteiger charge is 2.38. The van der Waals surface area contributed by atoms with Crippen LogP contribution in [0, 0.1) is 4.77 Å². The van der Waals surface area contributed by atoms with Crippen LogP contribution in [-0.4, -0.2) is 32.9 Å². The van der Waals surface area contributed by atoms with Gasteiger partial charge in [0.25, 0.3) is 11.3 Å². The molecular formula is C16H14N4O5S. The topological polar surface area (TPSA) is 126 Å². The van der Waals surface area contributed by atoms with Crippen LogP contribution in [0.5, 0.6) is 0 Å². The molecule has 1 aromatic heterocycles. The third-order valence-electron chi connectivity index (χ3n) is 3.38. The van der Waals surface area contributed by atoms with Gasteiger partial charge in [-0.1, -0.05) is 18.2 Å². The summed E-state index contributed by atoms with van der Waals surface area (Å²) < 4.78 is 10.1. The van der Waals surface area contributed by atoms with E-state index in [1.165, 1.54) is 13.8 Å². The van der Waals surface area contributed by atoms with Gasteiger partial charge < -0.3 is 14.8 Å². The van der Waals surface area contributed by atoms with Crippen LogP contribution < -0.4 is 10.9 Å². The van der Waals surface area contributed by atoms with E-state index in [-0.39, 0.29) is 16.0 Å². The van der Waals surface area contributed by atoms with Gasteiger partial charge in [-0.15, -0.1) is 0 Å². The first-order valence-corrected chi connectivity index (χ1v) is 7.89. The predicted molar refractivity (Wildman–Crippen MR) is 93.4 cm³/mol. The first kappa shape index (κ1) is 17.5. The van der Waals surface area contributed by atoms with Gasteiger partial charge in [0.1, 0.15) is 0 Å². The van der Waals surface area contributed by atoms with Gasteiger partial charge >= 0.3 is 11.9 Å². The normalized spacial score (nSPS) is 15.8. The van der Waals surface area contributed by atoms with Crippen molar-refractivity contribution in [1.82, 2.24) is 15.2 Å². The average molecular weight is 374 g/mol. The zero-order valence-corrected chi connectivity index (χ0v) is 14.6. The van der Waals surface area contributed by atoms with Crippen LogP contribution in [0.1, 0.15) is 13.8 Å². The smallest absolute Gasteiger partial charge is 0.350 e. The van der Waals surface area contributed by atoms with Gasteiger partial charge in [0.2, 0.25) is 0 Å². The Hall–Kier alpha value is -3.27. The van der Waals surface area contributed by atoms with Crippen molar-refractivity contribution in [3.63, 3.8) is 0 Å². The summed E-state index contributed by atoms with van der Waals surface area (Å²) in [5, 5.41) is 9.26. The molecule has 0 unspecified atom stereocenters. The van der Waals surface area contributed by atoms with E-state index < -0.39 is 23.3 Å². The van der Waals surface area contributed by atoms with E-state index in [2.05, 4.69) is 20.5 Å². The highest BCUT2D eigenvalue weighted by molar-refractivity contribution is 7.71. The van der Waals surface area contributed by atoms with Crippen molar-refractivity contribution >= 4 is 29.8 Å². The second-order valence-electron chi connectivity index (χ2n) is 5.78. The predicted octanol–water partition coefficient (Wildman–Crippen LogP) is 1.63. The molecule has 0 amide bonds. The molecule has 2 aromatic rings. The maximum absolute atomic E-state index is 12.1. The number of nitrogens with zero attached hydrogens (tertiary/aromatic N) is 1. The second-order valence-corrected chi connectivity index (χ2v) is 6.19. The van der Waals surface area contributed by atoms with Crippen LogP contribution in [0.25, 0.3) is 11.3 Å². The van der Waals surface area contributed by atoms with Crippen LogP contribution in [0.2, 0.25) is 0 Å². The number of aromatic amines is 2. The number of benzene rings is 1. The molecule has 0 atom stereocenters. The second kappa shape index (κ2) is 6.56. The molecule has 0 spiro atoms. The maximum atomic E-state index is 12.1. The number of H-pyrrole nitrogens is 2. The molecule has 2 heterocycles. The molecule has 1 aliphatic heterocycles. The van der Waals surface area contributed by atoms with Gasteiger partial charge in [0.15, 0.2) is 16.0 Å². The molecule has 134 valence electrons. The molecular weight excluding hydrogens is 360 g/mol. The highest BCUT2D eigenvalue weighted by Crippen LogP contribution is 2.26. The first-order chi connectivity index (χ1) is 12.3.